The number of para-hydroxylation sites is 2. The van der Waals surface area contributed by atoms with Crippen LogP contribution in [0.2, 0.25) is 0 Å². The smallest absolute Gasteiger partial charge is 0.185 e. The Kier molecular flexibility index (Phi) is 5.99. The zero-order valence-electron chi connectivity index (χ0n) is 14.0. The summed E-state index contributed by atoms with van der Waals surface area (Å²) in [6.07, 6.45) is 6.70. The SMILES string of the molecule is O=C1C(=Cc2cccc(Br)c2O)CCCCC1=Cc1cccc(Br)c1O. The number of carbonyl (C=O) groups is 1. The molecule has 0 unspecified atom stereocenters. The number of allylic oxidation sites excluding steroid dienone is 2. The Balaban J connectivity index is 2.00. The first kappa shape index (κ1) is 18.9. The van der Waals surface area contributed by atoms with Crippen molar-refractivity contribution in [2.24, 2.45) is 0 Å². The van der Waals surface area contributed by atoms with E-state index >= 15 is 0 Å². The van der Waals surface area contributed by atoms with Gasteiger partial charge >= 0.3 is 0 Å². The quantitative estimate of drug-likeness (QED) is 0.398. The van der Waals surface area contributed by atoms with Gasteiger partial charge in [0.1, 0.15) is 11.5 Å². The maximum absolute atomic E-state index is 13.0. The molecule has 0 atom stereocenters. The number of halogens is 2. The summed E-state index contributed by atoms with van der Waals surface area (Å²) in [5.74, 6) is 0.237. The Bertz CT molecular complexity index is 840. The van der Waals surface area contributed by atoms with E-state index in [1.807, 2.05) is 12.1 Å². The molecule has 0 aliphatic heterocycles. The van der Waals surface area contributed by atoms with Gasteiger partial charge in [-0.1, -0.05) is 24.3 Å². The van der Waals surface area contributed by atoms with Crippen LogP contribution in [0.1, 0.15) is 36.8 Å². The lowest BCUT2D eigenvalue weighted by Gasteiger charge is -2.08. The second-order valence-corrected chi connectivity index (χ2v) is 7.94. The van der Waals surface area contributed by atoms with E-state index in [4.69, 9.17) is 0 Å². The third kappa shape index (κ3) is 4.10. The molecule has 0 heterocycles. The highest BCUT2D eigenvalue weighted by Gasteiger charge is 2.20. The summed E-state index contributed by atoms with van der Waals surface area (Å²) in [7, 11) is 0. The molecule has 2 aromatic rings. The van der Waals surface area contributed by atoms with Gasteiger partial charge in [-0.05, 0) is 81.8 Å². The van der Waals surface area contributed by atoms with Crippen LogP contribution in [-0.2, 0) is 4.79 Å². The van der Waals surface area contributed by atoms with Crippen molar-refractivity contribution in [3.63, 3.8) is 0 Å². The standard InChI is InChI=1S/C21H18Br2O3/c22-17-9-3-7-15(20(17)25)11-13-5-1-2-6-14(19(13)24)12-16-8-4-10-18(23)21(16)26/h3-4,7-12,25-26H,1-2,5-6H2. The van der Waals surface area contributed by atoms with E-state index in [0.29, 0.717) is 44.1 Å². The second kappa shape index (κ2) is 8.23. The van der Waals surface area contributed by atoms with Gasteiger partial charge in [0.05, 0.1) is 8.95 Å². The number of Topliss-reactive ketones (excluding diaryl/α,β-unsaturated/α-hetero) is 1. The number of rotatable bonds is 2. The van der Waals surface area contributed by atoms with Crippen molar-refractivity contribution < 1.29 is 15.0 Å². The lowest BCUT2D eigenvalue weighted by atomic mass is 9.97. The Morgan fingerprint density at radius 3 is 1.62 bits per heavy atom. The normalized spacial score (nSPS) is 18.3. The number of benzene rings is 2. The number of phenols is 2. The molecule has 0 radical (unpaired) electrons. The molecule has 1 fully saturated rings. The van der Waals surface area contributed by atoms with Crippen molar-refractivity contribution in [3.05, 3.63) is 67.6 Å². The third-order valence-corrected chi connectivity index (χ3v) is 5.70. The molecular formula is C21H18Br2O3. The fourth-order valence-electron chi connectivity index (χ4n) is 3.01. The highest BCUT2D eigenvalue weighted by Crippen LogP contribution is 2.34. The molecule has 3 nitrogen and oxygen atoms in total. The largest absolute Gasteiger partial charge is 0.506 e. The number of hydrogen-bond acceptors (Lipinski definition) is 3. The summed E-state index contributed by atoms with van der Waals surface area (Å²) in [6, 6.07) is 10.7. The summed E-state index contributed by atoms with van der Waals surface area (Å²) in [6.45, 7) is 0. The lowest BCUT2D eigenvalue weighted by Crippen LogP contribution is -2.04. The zero-order valence-corrected chi connectivity index (χ0v) is 17.2. The van der Waals surface area contributed by atoms with Crippen LogP contribution in [0.15, 0.2) is 56.5 Å². The number of ketones is 1. The number of aromatic hydroxyl groups is 2. The molecule has 1 saturated carbocycles. The molecule has 0 spiro atoms. The van der Waals surface area contributed by atoms with E-state index in [1.165, 1.54) is 0 Å². The molecule has 26 heavy (non-hydrogen) atoms. The highest BCUT2D eigenvalue weighted by atomic mass is 79.9. The van der Waals surface area contributed by atoms with Crippen molar-refractivity contribution in [1.82, 2.24) is 0 Å². The average molecular weight is 478 g/mol. The van der Waals surface area contributed by atoms with Gasteiger partial charge in [-0.2, -0.15) is 0 Å². The summed E-state index contributed by atoms with van der Waals surface area (Å²) in [5.41, 5.74) is 2.59. The van der Waals surface area contributed by atoms with Gasteiger partial charge in [0, 0.05) is 22.3 Å². The van der Waals surface area contributed by atoms with Crippen LogP contribution < -0.4 is 0 Å². The van der Waals surface area contributed by atoms with E-state index in [1.54, 1.807) is 36.4 Å². The van der Waals surface area contributed by atoms with Crippen molar-refractivity contribution in [2.45, 2.75) is 25.7 Å². The van der Waals surface area contributed by atoms with Crippen LogP contribution in [0, 0.1) is 0 Å². The minimum Gasteiger partial charge on any atom is -0.506 e. The fraction of sp³-hybridized carbons (Fsp3) is 0.190. The minimum atomic E-state index is -0.0266. The number of phenolic OH excluding ortho intramolecular Hbond substituents is 2. The van der Waals surface area contributed by atoms with Crippen LogP contribution in [0.3, 0.4) is 0 Å². The van der Waals surface area contributed by atoms with E-state index in [-0.39, 0.29) is 17.3 Å². The molecule has 1 aliphatic rings. The first-order valence-corrected chi connectivity index (χ1v) is 9.97. The number of carbonyl (C=O) groups excluding carboxylic acids is 1. The Hall–Kier alpha value is -1.85. The van der Waals surface area contributed by atoms with Crippen LogP contribution in [0.4, 0.5) is 0 Å². The highest BCUT2D eigenvalue weighted by molar-refractivity contribution is 9.10. The summed E-state index contributed by atoms with van der Waals surface area (Å²) in [5, 5.41) is 20.4. The maximum atomic E-state index is 13.0. The zero-order chi connectivity index (χ0) is 18.7. The predicted molar refractivity (Wildman–Crippen MR) is 111 cm³/mol. The van der Waals surface area contributed by atoms with E-state index in [0.717, 1.165) is 12.8 Å². The first-order valence-electron chi connectivity index (χ1n) is 8.38. The average Bonchev–Trinajstić information content (AvgIpc) is 2.79. The van der Waals surface area contributed by atoms with Gasteiger partial charge in [-0.25, -0.2) is 0 Å². The van der Waals surface area contributed by atoms with Crippen LogP contribution in [0.25, 0.3) is 12.2 Å². The molecular weight excluding hydrogens is 460 g/mol. The number of hydrogen-bond donors (Lipinski definition) is 2. The molecule has 0 aromatic heterocycles. The Labute approximate surface area is 169 Å². The summed E-state index contributed by atoms with van der Waals surface area (Å²) >= 11 is 6.61. The Morgan fingerprint density at radius 1 is 0.769 bits per heavy atom. The van der Waals surface area contributed by atoms with Gasteiger partial charge in [0.25, 0.3) is 0 Å². The Morgan fingerprint density at radius 2 is 1.19 bits per heavy atom. The molecule has 134 valence electrons. The monoisotopic (exact) mass is 476 g/mol. The van der Waals surface area contributed by atoms with Gasteiger partial charge in [0.2, 0.25) is 0 Å². The minimum absolute atomic E-state index is 0.0266. The van der Waals surface area contributed by atoms with E-state index in [2.05, 4.69) is 31.9 Å². The molecule has 0 saturated heterocycles. The van der Waals surface area contributed by atoms with Gasteiger partial charge in [-0.3, -0.25) is 4.79 Å². The topological polar surface area (TPSA) is 57.5 Å². The summed E-state index contributed by atoms with van der Waals surface area (Å²) in [4.78, 5) is 13.0. The van der Waals surface area contributed by atoms with Crippen molar-refractivity contribution >= 4 is 49.8 Å². The molecule has 3 rings (SSSR count). The maximum Gasteiger partial charge on any atom is 0.185 e. The predicted octanol–water partition coefficient (Wildman–Crippen LogP) is 6.23. The molecule has 0 amide bonds. The second-order valence-electron chi connectivity index (χ2n) is 6.23. The lowest BCUT2D eigenvalue weighted by molar-refractivity contribution is -0.112. The first-order chi connectivity index (χ1) is 12.5. The van der Waals surface area contributed by atoms with E-state index in [9.17, 15) is 15.0 Å². The van der Waals surface area contributed by atoms with Gasteiger partial charge in [-0.15, -0.1) is 0 Å². The van der Waals surface area contributed by atoms with Crippen molar-refractivity contribution in [2.75, 3.05) is 0 Å². The fourth-order valence-corrected chi connectivity index (χ4v) is 3.78. The van der Waals surface area contributed by atoms with Crippen molar-refractivity contribution in [3.8, 4) is 11.5 Å². The van der Waals surface area contributed by atoms with Gasteiger partial charge < -0.3 is 10.2 Å². The molecule has 2 aromatic carbocycles. The molecule has 5 heteroatoms. The van der Waals surface area contributed by atoms with Crippen LogP contribution in [0.5, 0.6) is 11.5 Å². The molecule has 2 N–H and O–H groups in total. The summed E-state index contributed by atoms with van der Waals surface area (Å²) < 4.78 is 1.20. The van der Waals surface area contributed by atoms with E-state index < -0.39 is 0 Å². The third-order valence-electron chi connectivity index (χ3n) is 4.42. The van der Waals surface area contributed by atoms with Gasteiger partial charge in [0.15, 0.2) is 5.78 Å². The van der Waals surface area contributed by atoms with Crippen LogP contribution in [-0.4, -0.2) is 16.0 Å². The molecule has 1 aliphatic carbocycles. The van der Waals surface area contributed by atoms with Crippen LogP contribution >= 0.6 is 31.9 Å². The molecule has 0 bridgehead atoms. The van der Waals surface area contributed by atoms with Crippen molar-refractivity contribution in [1.29, 1.82) is 0 Å².